The monoisotopic (exact) mass is 398 g/mol. The molecule has 0 aliphatic carbocycles. The molecule has 1 unspecified atom stereocenters. The largest absolute Gasteiger partial charge is 0.346 e. The Morgan fingerprint density at radius 3 is 2.46 bits per heavy atom. The maximum Gasteiger partial charge on any atom is 0.319 e. The first-order chi connectivity index (χ1) is 11.3. The number of carbonyl (C=O) groups excluding carboxylic acids is 2. The van der Waals surface area contributed by atoms with Crippen molar-refractivity contribution in [1.29, 1.82) is 0 Å². The molecule has 0 aliphatic heterocycles. The van der Waals surface area contributed by atoms with Crippen LogP contribution in [-0.2, 0) is 4.79 Å². The lowest BCUT2D eigenvalue weighted by Gasteiger charge is -2.21. The van der Waals surface area contributed by atoms with Crippen LogP contribution in [0.15, 0.2) is 28.7 Å². The summed E-state index contributed by atoms with van der Waals surface area (Å²) in [6.45, 7) is 5.06. The van der Waals surface area contributed by atoms with E-state index in [0.717, 1.165) is 10.9 Å². The zero-order valence-corrected chi connectivity index (χ0v) is 16.1. The molecule has 134 valence electrons. The van der Waals surface area contributed by atoms with Crippen LogP contribution in [0.2, 0.25) is 0 Å². The number of nitrogens with two attached hydrogens (primary N) is 1. The average Bonchev–Trinajstić information content (AvgIpc) is 2.54. The highest BCUT2D eigenvalue weighted by atomic mass is 79.9. The lowest BCUT2D eigenvalue weighted by atomic mass is 10.0. The summed E-state index contributed by atoms with van der Waals surface area (Å²) in [5.41, 5.74) is 6.68. The number of nitrogens with zero attached hydrogens (tertiary/aromatic N) is 1. The summed E-state index contributed by atoms with van der Waals surface area (Å²) >= 11 is 3.33. The molecule has 0 bridgehead atoms. The van der Waals surface area contributed by atoms with Gasteiger partial charge in [0.1, 0.15) is 0 Å². The number of hydrogen-bond donors (Lipinski definition) is 3. The van der Waals surface area contributed by atoms with Crippen LogP contribution in [0.1, 0.15) is 26.7 Å². The van der Waals surface area contributed by atoms with Crippen LogP contribution in [0, 0.1) is 5.92 Å². The third kappa shape index (κ3) is 7.79. The molecule has 6 nitrogen and oxygen atoms in total. The van der Waals surface area contributed by atoms with Crippen molar-refractivity contribution in [2.75, 3.05) is 25.5 Å². The van der Waals surface area contributed by atoms with Crippen molar-refractivity contribution in [3.05, 3.63) is 28.7 Å². The third-order valence-corrected chi connectivity index (χ3v) is 4.34. The van der Waals surface area contributed by atoms with Crippen molar-refractivity contribution >= 4 is 33.6 Å². The van der Waals surface area contributed by atoms with Crippen LogP contribution in [-0.4, -0.2) is 43.0 Å². The summed E-state index contributed by atoms with van der Waals surface area (Å²) in [7, 11) is 1.76. The van der Waals surface area contributed by atoms with E-state index in [-0.39, 0.29) is 24.4 Å². The van der Waals surface area contributed by atoms with Crippen LogP contribution in [0.4, 0.5) is 10.5 Å². The summed E-state index contributed by atoms with van der Waals surface area (Å²) in [6.07, 6.45) is 1.04. The van der Waals surface area contributed by atoms with E-state index in [1.165, 1.54) is 0 Å². The van der Waals surface area contributed by atoms with Gasteiger partial charge in [0.05, 0.1) is 0 Å². The van der Waals surface area contributed by atoms with E-state index >= 15 is 0 Å². The summed E-state index contributed by atoms with van der Waals surface area (Å²) < 4.78 is 0.944. The van der Waals surface area contributed by atoms with Gasteiger partial charge < -0.3 is 21.3 Å². The second-order valence-corrected chi connectivity index (χ2v) is 7.07. The Labute approximate surface area is 152 Å². The fourth-order valence-electron chi connectivity index (χ4n) is 1.98. The van der Waals surface area contributed by atoms with Gasteiger partial charge in [-0.25, -0.2) is 4.79 Å². The second-order valence-electron chi connectivity index (χ2n) is 6.15. The summed E-state index contributed by atoms with van der Waals surface area (Å²) in [6, 6.07) is 7.04. The van der Waals surface area contributed by atoms with Crippen LogP contribution in [0.25, 0.3) is 0 Å². The zero-order valence-electron chi connectivity index (χ0n) is 14.5. The minimum atomic E-state index is -0.324. The minimum Gasteiger partial charge on any atom is -0.346 e. The summed E-state index contributed by atoms with van der Waals surface area (Å²) in [5, 5.41) is 5.39. The lowest BCUT2D eigenvalue weighted by molar-refractivity contribution is -0.129. The Bertz CT molecular complexity index is 534. The van der Waals surface area contributed by atoms with Crippen LogP contribution in [0.5, 0.6) is 0 Å². The van der Waals surface area contributed by atoms with Crippen LogP contribution >= 0.6 is 15.9 Å². The molecule has 1 aromatic rings. The molecular formula is C17H27BrN4O2. The van der Waals surface area contributed by atoms with Gasteiger partial charge >= 0.3 is 6.03 Å². The van der Waals surface area contributed by atoms with E-state index in [1.807, 2.05) is 12.1 Å². The average molecular weight is 399 g/mol. The molecule has 1 rings (SSSR count). The number of benzene rings is 1. The van der Waals surface area contributed by atoms with Crippen molar-refractivity contribution < 1.29 is 9.59 Å². The number of nitrogens with one attached hydrogen (secondary N) is 2. The Morgan fingerprint density at radius 1 is 1.25 bits per heavy atom. The predicted octanol–water partition coefficient (Wildman–Crippen LogP) is 2.79. The first kappa shape index (κ1) is 20.4. The number of urea groups is 1. The lowest BCUT2D eigenvalue weighted by Crippen LogP contribution is -2.37. The number of carbonyl (C=O) groups is 2. The maximum absolute atomic E-state index is 12.0. The number of rotatable bonds is 8. The highest BCUT2D eigenvalue weighted by molar-refractivity contribution is 9.10. The van der Waals surface area contributed by atoms with Gasteiger partial charge in [0.2, 0.25) is 5.91 Å². The summed E-state index contributed by atoms with van der Waals surface area (Å²) in [5.74, 6) is 0.396. The number of anilines is 1. The van der Waals surface area contributed by atoms with Gasteiger partial charge in [-0.1, -0.05) is 29.8 Å². The normalized spacial score (nSPS) is 11.9. The Hall–Kier alpha value is -1.60. The Morgan fingerprint density at radius 2 is 1.88 bits per heavy atom. The van der Waals surface area contributed by atoms with Crippen molar-refractivity contribution in [2.45, 2.75) is 32.7 Å². The molecule has 0 spiro atoms. The molecule has 0 fully saturated rings. The molecule has 0 heterocycles. The first-order valence-corrected chi connectivity index (χ1v) is 8.89. The van der Waals surface area contributed by atoms with Gasteiger partial charge in [0.25, 0.3) is 0 Å². The number of halogens is 1. The van der Waals surface area contributed by atoms with Crippen molar-refractivity contribution in [3.63, 3.8) is 0 Å². The summed E-state index contributed by atoms with van der Waals surface area (Å²) in [4.78, 5) is 25.4. The van der Waals surface area contributed by atoms with Crippen LogP contribution < -0.4 is 16.4 Å². The van der Waals surface area contributed by atoms with Crippen molar-refractivity contribution in [3.8, 4) is 0 Å². The van der Waals surface area contributed by atoms with Crippen molar-refractivity contribution in [2.24, 2.45) is 11.7 Å². The van der Waals surface area contributed by atoms with Gasteiger partial charge in [-0.05, 0) is 36.6 Å². The van der Waals surface area contributed by atoms with E-state index in [9.17, 15) is 9.59 Å². The Balaban J connectivity index is 2.24. The second kappa shape index (κ2) is 10.3. The van der Waals surface area contributed by atoms with Crippen molar-refractivity contribution in [1.82, 2.24) is 10.2 Å². The van der Waals surface area contributed by atoms with Gasteiger partial charge in [-0.3, -0.25) is 4.79 Å². The van der Waals surface area contributed by atoms with Gasteiger partial charge in [-0.2, -0.15) is 0 Å². The molecule has 3 amide bonds. The molecule has 7 heteroatoms. The first-order valence-electron chi connectivity index (χ1n) is 8.09. The molecule has 0 saturated carbocycles. The molecule has 0 radical (unpaired) electrons. The van der Waals surface area contributed by atoms with E-state index in [0.29, 0.717) is 24.7 Å². The smallest absolute Gasteiger partial charge is 0.319 e. The fourth-order valence-corrected chi connectivity index (χ4v) is 2.25. The van der Waals surface area contributed by atoms with Gasteiger partial charge in [0, 0.05) is 42.8 Å². The third-order valence-electron chi connectivity index (χ3n) is 3.81. The molecule has 0 aromatic heterocycles. The van der Waals surface area contributed by atoms with Crippen LogP contribution in [0.3, 0.4) is 0 Å². The molecule has 0 saturated heterocycles. The van der Waals surface area contributed by atoms with E-state index in [1.54, 1.807) is 24.1 Å². The number of amides is 3. The Kier molecular flexibility index (Phi) is 8.78. The molecule has 24 heavy (non-hydrogen) atoms. The quantitative estimate of drug-likeness (QED) is 0.628. The fraction of sp³-hybridized carbons (Fsp3) is 0.529. The molecule has 1 atom stereocenters. The van der Waals surface area contributed by atoms with Gasteiger partial charge in [-0.15, -0.1) is 0 Å². The highest BCUT2D eigenvalue weighted by Gasteiger charge is 2.13. The van der Waals surface area contributed by atoms with E-state index < -0.39 is 0 Å². The zero-order chi connectivity index (χ0) is 18.1. The molecule has 1 aromatic carbocycles. The standard InChI is InChI=1S/C17H27BrN4O2/c1-12(2)15(19)9-11-22(3)16(23)8-10-20-17(24)21-14-6-4-13(18)5-7-14/h4-7,12,15H,8-11,19H2,1-3H3,(H2,20,21,24). The predicted molar refractivity (Wildman–Crippen MR) is 101 cm³/mol. The van der Waals surface area contributed by atoms with E-state index in [4.69, 9.17) is 5.73 Å². The van der Waals surface area contributed by atoms with E-state index in [2.05, 4.69) is 40.4 Å². The SMILES string of the molecule is CC(C)C(N)CCN(C)C(=O)CCNC(=O)Nc1ccc(Br)cc1. The molecule has 4 N–H and O–H groups in total. The topological polar surface area (TPSA) is 87.5 Å². The maximum atomic E-state index is 12.0. The van der Waals surface area contributed by atoms with Gasteiger partial charge in [0.15, 0.2) is 0 Å². The molecular weight excluding hydrogens is 372 g/mol. The highest BCUT2D eigenvalue weighted by Crippen LogP contribution is 2.13. The minimum absolute atomic E-state index is 0.00472. The molecule has 0 aliphatic rings. The number of hydrogen-bond acceptors (Lipinski definition) is 3.